The first-order valence-electron chi connectivity index (χ1n) is 9.25. The van der Waals surface area contributed by atoms with Gasteiger partial charge in [0.1, 0.15) is 5.82 Å². The van der Waals surface area contributed by atoms with Crippen LogP contribution in [0.15, 0.2) is 54.6 Å². The van der Waals surface area contributed by atoms with Gasteiger partial charge in [0.05, 0.1) is 6.42 Å². The minimum absolute atomic E-state index is 0.0532. The molecule has 4 nitrogen and oxygen atoms in total. The van der Waals surface area contributed by atoms with Crippen LogP contribution in [-0.2, 0) is 24.1 Å². The summed E-state index contributed by atoms with van der Waals surface area (Å²) in [5.74, 6) is 1.06. The molecule has 0 atom stereocenters. The second kappa shape index (κ2) is 7.56. The van der Waals surface area contributed by atoms with Crippen LogP contribution in [0.4, 0.5) is 5.82 Å². The first-order chi connectivity index (χ1) is 12.8. The van der Waals surface area contributed by atoms with Gasteiger partial charge in [0.2, 0.25) is 5.91 Å². The van der Waals surface area contributed by atoms with Gasteiger partial charge >= 0.3 is 0 Å². The van der Waals surface area contributed by atoms with Crippen LogP contribution >= 0.6 is 0 Å². The number of hydrogen-bond donors (Lipinski definition) is 2. The molecule has 26 heavy (non-hydrogen) atoms. The molecule has 2 aromatic carbocycles. The van der Waals surface area contributed by atoms with Gasteiger partial charge in [0.15, 0.2) is 0 Å². The van der Waals surface area contributed by atoms with Crippen LogP contribution in [0.3, 0.4) is 0 Å². The van der Waals surface area contributed by atoms with Crippen molar-refractivity contribution in [2.75, 3.05) is 18.4 Å². The molecule has 1 aliphatic rings. The monoisotopic (exact) mass is 345 g/mol. The van der Waals surface area contributed by atoms with Crippen molar-refractivity contribution in [3.8, 4) is 0 Å². The topological polar surface area (TPSA) is 54.0 Å². The molecule has 0 saturated carbocycles. The van der Waals surface area contributed by atoms with E-state index < -0.39 is 0 Å². The number of aromatic nitrogens is 1. The molecule has 0 bridgehead atoms. The SMILES string of the molecule is O=C(Cc1cccc2ccccc12)NCCc1ccc2c(n1)NCCC2. The molecule has 0 spiro atoms. The fourth-order valence-corrected chi connectivity index (χ4v) is 3.52. The number of aryl methyl sites for hydroxylation is 1. The van der Waals surface area contributed by atoms with Crippen LogP contribution in [-0.4, -0.2) is 24.0 Å². The summed E-state index contributed by atoms with van der Waals surface area (Å²) in [6.07, 6.45) is 3.41. The van der Waals surface area contributed by atoms with Crippen LogP contribution < -0.4 is 10.6 Å². The predicted molar refractivity (Wildman–Crippen MR) is 105 cm³/mol. The smallest absolute Gasteiger partial charge is 0.224 e. The molecule has 0 saturated heterocycles. The number of pyridine rings is 1. The lowest BCUT2D eigenvalue weighted by molar-refractivity contribution is -0.120. The third-order valence-corrected chi connectivity index (χ3v) is 4.89. The van der Waals surface area contributed by atoms with Crippen molar-refractivity contribution < 1.29 is 4.79 Å². The molecular formula is C22H23N3O. The largest absolute Gasteiger partial charge is 0.370 e. The summed E-state index contributed by atoms with van der Waals surface area (Å²) in [5, 5.41) is 8.69. The third-order valence-electron chi connectivity index (χ3n) is 4.89. The molecule has 0 unspecified atom stereocenters. The van der Waals surface area contributed by atoms with Crippen LogP contribution in [0.1, 0.15) is 23.2 Å². The Morgan fingerprint density at radius 3 is 2.92 bits per heavy atom. The number of rotatable bonds is 5. The van der Waals surface area contributed by atoms with Gasteiger partial charge < -0.3 is 10.6 Å². The van der Waals surface area contributed by atoms with E-state index in [-0.39, 0.29) is 5.91 Å². The highest BCUT2D eigenvalue weighted by molar-refractivity contribution is 5.90. The number of carbonyl (C=O) groups is 1. The molecule has 3 aromatic rings. The Kier molecular flexibility index (Phi) is 4.82. The molecular weight excluding hydrogens is 322 g/mol. The lowest BCUT2D eigenvalue weighted by Gasteiger charge is -2.17. The number of benzene rings is 2. The van der Waals surface area contributed by atoms with Crippen molar-refractivity contribution in [3.05, 3.63) is 71.4 Å². The average molecular weight is 345 g/mol. The van der Waals surface area contributed by atoms with Crippen molar-refractivity contribution in [1.82, 2.24) is 10.3 Å². The van der Waals surface area contributed by atoms with Crippen molar-refractivity contribution in [3.63, 3.8) is 0 Å². The second-order valence-corrected chi connectivity index (χ2v) is 6.76. The van der Waals surface area contributed by atoms with Gasteiger partial charge in [-0.15, -0.1) is 0 Å². The van der Waals surface area contributed by atoms with E-state index in [4.69, 9.17) is 0 Å². The number of nitrogens with zero attached hydrogens (tertiary/aromatic N) is 1. The van der Waals surface area contributed by atoms with Crippen LogP contribution in [0.2, 0.25) is 0 Å². The summed E-state index contributed by atoms with van der Waals surface area (Å²) in [5.41, 5.74) is 3.38. The number of hydrogen-bond acceptors (Lipinski definition) is 3. The molecule has 1 amide bonds. The van der Waals surface area contributed by atoms with Gasteiger partial charge in [-0.2, -0.15) is 0 Å². The summed E-state index contributed by atoms with van der Waals surface area (Å²) in [6.45, 7) is 1.60. The van der Waals surface area contributed by atoms with Crippen molar-refractivity contribution in [2.24, 2.45) is 0 Å². The number of carbonyl (C=O) groups excluding carboxylic acids is 1. The maximum Gasteiger partial charge on any atom is 0.224 e. The number of fused-ring (bicyclic) bond motifs is 2. The molecule has 0 radical (unpaired) electrons. The van der Waals surface area contributed by atoms with E-state index in [1.807, 2.05) is 24.3 Å². The lowest BCUT2D eigenvalue weighted by Crippen LogP contribution is -2.27. The predicted octanol–water partition coefficient (Wildman–Crippen LogP) is 3.49. The van der Waals surface area contributed by atoms with Crippen LogP contribution in [0.25, 0.3) is 10.8 Å². The molecule has 2 heterocycles. The highest BCUT2D eigenvalue weighted by Gasteiger charge is 2.11. The van der Waals surface area contributed by atoms with E-state index in [0.717, 1.165) is 48.3 Å². The molecule has 0 fully saturated rings. The number of nitrogens with one attached hydrogen (secondary N) is 2. The zero-order valence-corrected chi connectivity index (χ0v) is 14.8. The molecule has 0 aliphatic carbocycles. The van der Waals surface area contributed by atoms with Gasteiger partial charge in [-0.3, -0.25) is 4.79 Å². The van der Waals surface area contributed by atoms with Gasteiger partial charge in [-0.1, -0.05) is 48.5 Å². The third kappa shape index (κ3) is 3.69. The first kappa shape index (κ1) is 16.6. The summed E-state index contributed by atoms with van der Waals surface area (Å²) in [7, 11) is 0. The molecule has 4 heteroatoms. The minimum atomic E-state index is 0.0532. The second-order valence-electron chi connectivity index (χ2n) is 6.76. The quantitative estimate of drug-likeness (QED) is 0.744. The Bertz CT molecular complexity index is 930. The van der Waals surface area contributed by atoms with E-state index in [1.165, 1.54) is 10.9 Å². The van der Waals surface area contributed by atoms with Crippen LogP contribution in [0.5, 0.6) is 0 Å². The van der Waals surface area contributed by atoms with E-state index in [2.05, 4.69) is 45.9 Å². The fourth-order valence-electron chi connectivity index (χ4n) is 3.52. The summed E-state index contributed by atoms with van der Waals surface area (Å²) in [4.78, 5) is 17.0. The van der Waals surface area contributed by atoms with Crippen molar-refractivity contribution in [1.29, 1.82) is 0 Å². The summed E-state index contributed by atoms with van der Waals surface area (Å²) in [6, 6.07) is 18.5. The highest BCUT2D eigenvalue weighted by Crippen LogP contribution is 2.20. The average Bonchev–Trinajstić information content (AvgIpc) is 2.68. The van der Waals surface area contributed by atoms with Crippen molar-refractivity contribution in [2.45, 2.75) is 25.7 Å². The summed E-state index contributed by atoms with van der Waals surface area (Å²) < 4.78 is 0. The number of amides is 1. The van der Waals surface area contributed by atoms with E-state index in [1.54, 1.807) is 0 Å². The van der Waals surface area contributed by atoms with E-state index >= 15 is 0 Å². The maximum absolute atomic E-state index is 12.3. The normalized spacial score (nSPS) is 13.1. The Labute approximate surface area is 153 Å². The Morgan fingerprint density at radius 1 is 1.08 bits per heavy atom. The van der Waals surface area contributed by atoms with Gasteiger partial charge in [-0.05, 0) is 40.8 Å². The molecule has 2 N–H and O–H groups in total. The van der Waals surface area contributed by atoms with Gasteiger partial charge in [0.25, 0.3) is 0 Å². The highest BCUT2D eigenvalue weighted by atomic mass is 16.1. The molecule has 1 aromatic heterocycles. The summed E-state index contributed by atoms with van der Waals surface area (Å²) >= 11 is 0. The Morgan fingerprint density at radius 2 is 1.96 bits per heavy atom. The van der Waals surface area contributed by atoms with Gasteiger partial charge in [0, 0.05) is 25.2 Å². The molecule has 1 aliphatic heterocycles. The Balaban J connectivity index is 1.34. The zero-order valence-electron chi connectivity index (χ0n) is 14.8. The minimum Gasteiger partial charge on any atom is -0.370 e. The maximum atomic E-state index is 12.3. The standard InChI is InChI=1S/C22H23N3O/c26-21(15-18-7-3-6-16-5-1-2-9-20(16)18)23-14-12-19-11-10-17-8-4-13-24-22(17)25-19/h1-3,5-7,9-11H,4,8,12-15H2,(H,23,26)(H,24,25). The Hall–Kier alpha value is -2.88. The van der Waals surface area contributed by atoms with Gasteiger partial charge in [-0.25, -0.2) is 4.98 Å². The number of anilines is 1. The van der Waals surface area contributed by atoms with Crippen molar-refractivity contribution >= 4 is 22.5 Å². The molecule has 132 valence electrons. The fraction of sp³-hybridized carbons (Fsp3) is 0.273. The molecule has 4 rings (SSSR count). The zero-order chi connectivity index (χ0) is 17.8. The van der Waals surface area contributed by atoms with E-state index in [0.29, 0.717) is 13.0 Å². The first-order valence-corrected chi connectivity index (χ1v) is 9.25. The van der Waals surface area contributed by atoms with E-state index in [9.17, 15) is 4.79 Å². The van der Waals surface area contributed by atoms with Crippen LogP contribution in [0, 0.1) is 0 Å². The lowest BCUT2D eigenvalue weighted by atomic mass is 10.0.